The van der Waals surface area contributed by atoms with Crippen LogP contribution < -0.4 is 5.32 Å². The summed E-state index contributed by atoms with van der Waals surface area (Å²) in [5.74, 6) is 0. The second-order valence-electron chi connectivity index (χ2n) is 3.54. The second kappa shape index (κ2) is 5.08. The van der Waals surface area contributed by atoms with E-state index in [2.05, 4.69) is 45.3 Å². The average molecular weight is 297 g/mol. The van der Waals surface area contributed by atoms with Crippen molar-refractivity contribution in [3.05, 3.63) is 50.4 Å². The number of aryl methyl sites for hydroxylation is 1. The summed E-state index contributed by atoms with van der Waals surface area (Å²) in [5, 5.41) is 3.31. The van der Waals surface area contributed by atoms with E-state index < -0.39 is 0 Å². The Kier molecular flexibility index (Phi) is 3.74. The third kappa shape index (κ3) is 2.34. The van der Waals surface area contributed by atoms with E-state index in [-0.39, 0.29) is 6.04 Å². The molecule has 0 aliphatic carbocycles. The Labute approximate surface area is 108 Å². The minimum absolute atomic E-state index is 0.161. The van der Waals surface area contributed by atoms with E-state index in [4.69, 9.17) is 0 Å². The molecule has 0 aromatic carbocycles. The zero-order valence-corrected chi connectivity index (χ0v) is 11.6. The Bertz CT molecular complexity index is 481. The van der Waals surface area contributed by atoms with Crippen molar-refractivity contribution in [1.82, 2.24) is 10.3 Å². The van der Waals surface area contributed by atoms with Gasteiger partial charge in [-0.05, 0) is 54.2 Å². The summed E-state index contributed by atoms with van der Waals surface area (Å²) in [6, 6.07) is 8.41. The Balaban J connectivity index is 2.40. The van der Waals surface area contributed by atoms with Gasteiger partial charge in [0.1, 0.15) is 0 Å². The van der Waals surface area contributed by atoms with Crippen molar-refractivity contribution in [2.75, 3.05) is 7.05 Å². The molecule has 0 saturated carbocycles. The van der Waals surface area contributed by atoms with E-state index >= 15 is 0 Å². The highest BCUT2D eigenvalue weighted by atomic mass is 79.9. The molecule has 0 amide bonds. The van der Waals surface area contributed by atoms with Crippen molar-refractivity contribution in [1.29, 1.82) is 0 Å². The average Bonchev–Trinajstić information content (AvgIpc) is 2.69. The Hall–Kier alpha value is -0.710. The number of aromatic nitrogens is 1. The lowest BCUT2D eigenvalue weighted by atomic mass is 10.1. The number of thiophene rings is 1. The molecule has 2 aromatic rings. The molecule has 84 valence electrons. The molecule has 0 saturated heterocycles. The first-order valence-corrected chi connectivity index (χ1v) is 6.67. The zero-order valence-electron chi connectivity index (χ0n) is 9.20. The highest BCUT2D eigenvalue weighted by Gasteiger charge is 2.17. The van der Waals surface area contributed by atoms with Crippen LogP contribution in [0.3, 0.4) is 0 Å². The van der Waals surface area contributed by atoms with Gasteiger partial charge in [0.2, 0.25) is 0 Å². The predicted octanol–water partition coefficient (Wildman–Crippen LogP) is 3.52. The fourth-order valence-electron chi connectivity index (χ4n) is 1.63. The summed E-state index contributed by atoms with van der Waals surface area (Å²) in [6.07, 6.45) is 1.82. The van der Waals surface area contributed by atoms with Crippen LogP contribution in [0.1, 0.15) is 21.5 Å². The molecule has 16 heavy (non-hydrogen) atoms. The summed E-state index contributed by atoms with van der Waals surface area (Å²) in [7, 11) is 1.96. The summed E-state index contributed by atoms with van der Waals surface area (Å²) in [4.78, 5) is 7.05. The van der Waals surface area contributed by atoms with Crippen LogP contribution in [0, 0.1) is 6.92 Å². The van der Waals surface area contributed by atoms with Crippen molar-refractivity contribution >= 4 is 27.3 Å². The standard InChI is InChI=1S/C12H13BrN2S/c1-8-5-6-10(16-8)12(14-2)11-9(13)4-3-7-15-11/h3-7,12,14H,1-2H3. The van der Waals surface area contributed by atoms with Gasteiger partial charge in [0.15, 0.2) is 0 Å². The first kappa shape index (κ1) is 11.8. The lowest BCUT2D eigenvalue weighted by molar-refractivity contribution is 0.679. The van der Waals surface area contributed by atoms with Crippen molar-refractivity contribution < 1.29 is 0 Å². The third-order valence-electron chi connectivity index (χ3n) is 2.39. The molecule has 1 unspecified atom stereocenters. The van der Waals surface area contributed by atoms with Crippen LogP contribution in [0.2, 0.25) is 0 Å². The van der Waals surface area contributed by atoms with E-state index in [9.17, 15) is 0 Å². The predicted molar refractivity (Wildman–Crippen MR) is 71.9 cm³/mol. The Morgan fingerprint density at radius 1 is 1.38 bits per heavy atom. The minimum Gasteiger partial charge on any atom is -0.307 e. The molecule has 0 spiro atoms. The summed E-state index contributed by atoms with van der Waals surface area (Å²) >= 11 is 5.34. The molecule has 1 atom stereocenters. The zero-order chi connectivity index (χ0) is 11.5. The van der Waals surface area contributed by atoms with E-state index in [1.165, 1.54) is 9.75 Å². The van der Waals surface area contributed by atoms with Gasteiger partial charge in [0, 0.05) is 20.4 Å². The fraction of sp³-hybridized carbons (Fsp3) is 0.250. The molecule has 4 heteroatoms. The molecule has 0 aliphatic rings. The maximum atomic E-state index is 4.43. The molecule has 0 aliphatic heterocycles. The largest absolute Gasteiger partial charge is 0.307 e. The van der Waals surface area contributed by atoms with Crippen molar-refractivity contribution in [2.24, 2.45) is 0 Å². The van der Waals surface area contributed by atoms with Gasteiger partial charge in [-0.1, -0.05) is 0 Å². The molecule has 2 aromatic heterocycles. The molecular formula is C12H13BrN2S. The monoisotopic (exact) mass is 296 g/mol. The highest BCUT2D eigenvalue weighted by molar-refractivity contribution is 9.10. The second-order valence-corrected chi connectivity index (χ2v) is 5.71. The minimum atomic E-state index is 0.161. The van der Waals surface area contributed by atoms with Crippen molar-refractivity contribution in [3.8, 4) is 0 Å². The Morgan fingerprint density at radius 3 is 2.75 bits per heavy atom. The summed E-state index contributed by atoms with van der Waals surface area (Å²) in [5.41, 5.74) is 1.03. The third-order valence-corrected chi connectivity index (χ3v) is 4.13. The van der Waals surface area contributed by atoms with Crippen LogP contribution in [0.4, 0.5) is 0 Å². The van der Waals surface area contributed by atoms with Crippen molar-refractivity contribution in [2.45, 2.75) is 13.0 Å². The number of nitrogens with one attached hydrogen (secondary N) is 1. The quantitative estimate of drug-likeness (QED) is 0.937. The first-order valence-electron chi connectivity index (χ1n) is 5.06. The van der Waals surface area contributed by atoms with Gasteiger partial charge in [0.25, 0.3) is 0 Å². The van der Waals surface area contributed by atoms with E-state index in [1.807, 2.05) is 25.4 Å². The maximum Gasteiger partial charge on any atom is 0.0854 e. The van der Waals surface area contributed by atoms with Gasteiger partial charge in [-0.2, -0.15) is 0 Å². The number of hydrogen-bond acceptors (Lipinski definition) is 3. The molecule has 1 N–H and O–H groups in total. The van der Waals surface area contributed by atoms with Gasteiger partial charge in [-0.3, -0.25) is 4.98 Å². The fourth-order valence-corrected chi connectivity index (χ4v) is 3.11. The van der Waals surface area contributed by atoms with E-state index in [0.29, 0.717) is 0 Å². The normalized spacial score (nSPS) is 12.7. The lowest BCUT2D eigenvalue weighted by Crippen LogP contribution is -2.18. The van der Waals surface area contributed by atoms with Gasteiger partial charge in [0.05, 0.1) is 11.7 Å². The molecule has 0 bridgehead atoms. The van der Waals surface area contributed by atoms with Gasteiger partial charge in [-0.25, -0.2) is 0 Å². The van der Waals surface area contributed by atoms with Crippen LogP contribution in [0.5, 0.6) is 0 Å². The van der Waals surface area contributed by atoms with E-state index in [1.54, 1.807) is 11.3 Å². The SMILES string of the molecule is CNC(c1ccc(C)s1)c1ncccc1Br. The number of pyridine rings is 1. The van der Waals surface area contributed by atoms with Gasteiger partial charge in [-0.15, -0.1) is 11.3 Å². The molecule has 0 fully saturated rings. The summed E-state index contributed by atoms with van der Waals surface area (Å²) in [6.45, 7) is 2.12. The molecule has 2 heterocycles. The number of rotatable bonds is 3. The highest BCUT2D eigenvalue weighted by Crippen LogP contribution is 2.30. The Morgan fingerprint density at radius 2 is 2.19 bits per heavy atom. The van der Waals surface area contributed by atoms with Gasteiger partial charge < -0.3 is 5.32 Å². The van der Waals surface area contributed by atoms with Crippen LogP contribution in [0.25, 0.3) is 0 Å². The smallest absolute Gasteiger partial charge is 0.0854 e. The molecule has 2 rings (SSSR count). The lowest BCUT2D eigenvalue weighted by Gasteiger charge is -2.15. The van der Waals surface area contributed by atoms with Crippen LogP contribution in [0.15, 0.2) is 34.9 Å². The van der Waals surface area contributed by atoms with Gasteiger partial charge >= 0.3 is 0 Å². The number of halogens is 1. The number of hydrogen-bond donors (Lipinski definition) is 1. The van der Waals surface area contributed by atoms with Crippen LogP contribution in [-0.2, 0) is 0 Å². The topological polar surface area (TPSA) is 24.9 Å². The van der Waals surface area contributed by atoms with Crippen LogP contribution >= 0.6 is 27.3 Å². The maximum absolute atomic E-state index is 4.43. The van der Waals surface area contributed by atoms with E-state index in [0.717, 1.165) is 10.2 Å². The molecule has 0 radical (unpaired) electrons. The number of nitrogens with zero attached hydrogens (tertiary/aromatic N) is 1. The molecule has 2 nitrogen and oxygen atoms in total. The first-order chi connectivity index (χ1) is 7.72. The molecular weight excluding hydrogens is 284 g/mol. The van der Waals surface area contributed by atoms with Crippen molar-refractivity contribution in [3.63, 3.8) is 0 Å². The van der Waals surface area contributed by atoms with Crippen LogP contribution in [-0.4, -0.2) is 12.0 Å². The summed E-state index contributed by atoms with van der Waals surface area (Å²) < 4.78 is 1.04.